The summed E-state index contributed by atoms with van der Waals surface area (Å²) < 4.78 is 5.46. The summed E-state index contributed by atoms with van der Waals surface area (Å²) in [5, 5.41) is 0. The molecule has 1 aromatic carbocycles. The van der Waals surface area contributed by atoms with Crippen LogP contribution in [0.1, 0.15) is 34.7 Å². The van der Waals surface area contributed by atoms with Gasteiger partial charge in [0.1, 0.15) is 0 Å². The third-order valence-corrected chi connectivity index (χ3v) is 5.28. The molecule has 3 heteroatoms. The van der Waals surface area contributed by atoms with Gasteiger partial charge in [0, 0.05) is 18.6 Å². The van der Waals surface area contributed by atoms with Gasteiger partial charge < -0.3 is 4.74 Å². The van der Waals surface area contributed by atoms with Crippen molar-refractivity contribution in [2.75, 3.05) is 7.11 Å². The molecule has 3 rings (SSSR count). The van der Waals surface area contributed by atoms with Gasteiger partial charge in [0.25, 0.3) is 0 Å². The quantitative estimate of drug-likeness (QED) is 0.744. The molecule has 0 radical (unpaired) electrons. The van der Waals surface area contributed by atoms with Crippen LogP contribution in [0.2, 0.25) is 0 Å². The lowest BCUT2D eigenvalue weighted by molar-refractivity contribution is 0.0493. The molecule has 1 aromatic rings. The zero-order chi connectivity index (χ0) is 12.0. The highest BCUT2D eigenvalue weighted by Gasteiger charge is 2.48. The molecule has 0 amide bonds. The summed E-state index contributed by atoms with van der Waals surface area (Å²) in [4.78, 5) is 12.6. The minimum absolute atomic E-state index is 0.0612. The van der Waals surface area contributed by atoms with E-state index in [1.54, 1.807) is 7.11 Å². The smallest absolute Gasteiger partial charge is 0.168 e. The second-order valence-corrected chi connectivity index (χ2v) is 5.94. The zero-order valence-corrected chi connectivity index (χ0v) is 11.3. The highest BCUT2D eigenvalue weighted by atomic mass is 79.9. The number of carbonyl (C=O) groups is 1. The summed E-state index contributed by atoms with van der Waals surface area (Å²) in [6.45, 7) is 0. The Kier molecular flexibility index (Phi) is 2.83. The molecule has 0 heterocycles. The number of ether oxygens (including phenoxy) is 1. The molecule has 4 atom stereocenters. The summed E-state index contributed by atoms with van der Waals surface area (Å²) in [6, 6.07) is 8.04. The van der Waals surface area contributed by atoms with Crippen LogP contribution in [0, 0.1) is 5.92 Å². The molecule has 0 aromatic heterocycles. The van der Waals surface area contributed by atoms with Crippen LogP contribution in [-0.4, -0.2) is 23.8 Å². The van der Waals surface area contributed by atoms with Crippen LogP contribution in [0.3, 0.4) is 0 Å². The van der Waals surface area contributed by atoms with E-state index in [-0.39, 0.29) is 22.6 Å². The number of methoxy groups -OCH3 is 1. The fraction of sp³-hybridized carbons (Fsp3) is 0.500. The van der Waals surface area contributed by atoms with Crippen molar-refractivity contribution in [2.24, 2.45) is 5.92 Å². The Morgan fingerprint density at radius 1 is 1.29 bits per heavy atom. The van der Waals surface area contributed by atoms with E-state index in [0.29, 0.717) is 5.92 Å². The molecule has 0 spiro atoms. The van der Waals surface area contributed by atoms with Gasteiger partial charge in [-0.3, -0.25) is 4.79 Å². The van der Waals surface area contributed by atoms with Crippen LogP contribution in [0.5, 0.6) is 0 Å². The van der Waals surface area contributed by atoms with Crippen LogP contribution in [-0.2, 0) is 4.74 Å². The van der Waals surface area contributed by atoms with Crippen LogP contribution >= 0.6 is 15.9 Å². The van der Waals surface area contributed by atoms with Crippen molar-refractivity contribution in [1.82, 2.24) is 0 Å². The number of ketones is 1. The molecule has 2 aliphatic carbocycles. The van der Waals surface area contributed by atoms with E-state index in [9.17, 15) is 4.79 Å². The van der Waals surface area contributed by atoms with Gasteiger partial charge >= 0.3 is 0 Å². The van der Waals surface area contributed by atoms with Gasteiger partial charge in [0.05, 0.1) is 10.9 Å². The second-order valence-electron chi connectivity index (χ2n) is 4.88. The summed E-state index contributed by atoms with van der Waals surface area (Å²) in [7, 11) is 1.73. The van der Waals surface area contributed by atoms with E-state index in [1.807, 2.05) is 18.2 Å². The lowest BCUT2D eigenvalue weighted by atomic mass is 9.78. The molecule has 2 nitrogen and oxygen atoms in total. The molecular formula is C14H15BrO2. The number of hydrogen-bond acceptors (Lipinski definition) is 2. The van der Waals surface area contributed by atoms with Crippen LogP contribution in [0.4, 0.5) is 0 Å². The SMILES string of the molecule is COC1CCC2c3ccccc3C(=O)C2C1Br. The summed E-state index contributed by atoms with van der Waals surface area (Å²) in [5.41, 5.74) is 2.16. The molecule has 17 heavy (non-hydrogen) atoms. The molecule has 1 saturated carbocycles. The van der Waals surface area contributed by atoms with Crippen molar-refractivity contribution in [2.45, 2.75) is 29.7 Å². The van der Waals surface area contributed by atoms with Crippen molar-refractivity contribution in [3.8, 4) is 0 Å². The number of Topliss-reactive ketones (excluding diaryl/α,β-unsaturated/α-hetero) is 1. The molecular weight excluding hydrogens is 280 g/mol. The van der Waals surface area contributed by atoms with Gasteiger partial charge in [-0.05, 0) is 24.3 Å². The second kappa shape index (κ2) is 4.21. The fourth-order valence-electron chi connectivity index (χ4n) is 3.28. The maximum atomic E-state index is 12.4. The van der Waals surface area contributed by atoms with Gasteiger partial charge in [-0.15, -0.1) is 0 Å². The van der Waals surface area contributed by atoms with E-state index in [4.69, 9.17) is 4.74 Å². The van der Waals surface area contributed by atoms with Crippen molar-refractivity contribution < 1.29 is 9.53 Å². The first-order valence-corrected chi connectivity index (χ1v) is 6.95. The van der Waals surface area contributed by atoms with Crippen molar-refractivity contribution in [3.63, 3.8) is 0 Å². The summed E-state index contributed by atoms with van der Waals surface area (Å²) in [6.07, 6.45) is 2.23. The highest BCUT2D eigenvalue weighted by molar-refractivity contribution is 9.09. The standard InChI is InChI=1S/C14H15BrO2/c1-17-11-7-6-9-8-4-2-3-5-10(8)14(16)12(9)13(11)15/h2-5,9,11-13H,6-7H2,1H3. The maximum Gasteiger partial charge on any atom is 0.168 e. The van der Waals surface area contributed by atoms with Crippen molar-refractivity contribution in [1.29, 1.82) is 0 Å². The monoisotopic (exact) mass is 294 g/mol. The average Bonchev–Trinajstić information content (AvgIpc) is 2.65. The highest BCUT2D eigenvalue weighted by Crippen LogP contribution is 2.49. The van der Waals surface area contributed by atoms with Gasteiger partial charge in [-0.25, -0.2) is 0 Å². The molecule has 0 saturated heterocycles. The van der Waals surface area contributed by atoms with Crippen LogP contribution < -0.4 is 0 Å². The third kappa shape index (κ3) is 1.59. The predicted octanol–water partition coefficient (Wildman–Crippen LogP) is 3.16. The number of rotatable bonds is 1. The molecule has 2 aliphatic rings. The molecule has 4 unspecified atom stereocenters. The Morgan fingerprint density at radius 2 is 2.06 bits per heavy atom. The number of carbonyl (C=O) groups excluding carboxylic acids is 1. The van der Waals surface area contributed by atoms with Gasteiger partial charge in [-0.2, -0.15) is 0 Å². The molecule has 90 valence electrons. The molecule has 0 N–H and O–H groups in total. The Labute approximate surface area is 109 Å². The van der Waals surface area contributed by atoms with Crippen LogP contribution in [0.25, 0.3) is 0 Å². The molecule has 0 aliphatic heterocycles. The lowest BCUT2D eigenvalue weighted by Gasteiger charge is -2.35. The first-order chi connectivity index (χ1) is 8.24. The van der Waals surface area contributed by atoms with E-state index in [1.165, 1.54) is 5.56 Å². The average molecular weight is 295 g/mol. The Morgan fingerprint density at radius 3 is 2.82 bits per heavy atom. The number of fused-ring (bicyclic) bond motifs is 3. The third-order valence-electron chi connectivity index (χ3n) is 4.13. The topological polar surface area (TPSA) is 26.3 Å². The number of halogens is 1. The van der Waals surface area contributed by atoms with E-state index < -0.39 is 0 Å². The molecule has 0 bridgehead atoms. The first kappa shape index (κ1) is 11.4. The molecule has 1 fully saturated rings. The van der Waals surface area contributed by atoms with Crippen molar-refractivity contribution in [3.05, 3.63) is 35.4 Å². The minimum atomic E-state index is 0.0612. The Hall–Kier alpha value is -0.670. The number of benzene rings is 1. The first-order valence-electron chi connectivity index (χ1n) is 6.04. The number of hydrogen-bond donors (Lipinski definition) is 0. The number of alkyl halides is 1. The Bertz CT molecular complexity index is 457. The van der Waals surface area contributed by atoms with Crippen molar-refractivity contribution >= 4 is 21.7 Å². The van der Waals surface area contributed by atoms with E-state index in [0.717, 1.165) is 18.4 Å². The predicted molar refractivity (Wildman–Crippen MR) is 69.7 cm³/mol. The summed E-state index contributed by atoms with van der Waals surface area (Å²) in [5.74, 6) is 0.731. The fourth-order valence-corrected chi connectivity index (χ4v) is 4.37. The minimum Gasteiger partial charge on any atom is -0.380 e. The van der Waals surface area contributed by atoms with Crippen LogP contribution in [0.15, 0.2) is 24.3 Å². The largest absolute Gasteiger partial charge is 0.380 e. The lowest BCUT2D eigenvalue weighted by Crippen LogP contribution is -2.39. The normalized spacial score (nSPS) is 35.5. The van der Waals surface area contributed by atoms with E-state index >= 15 is 0 Å². The van der Waals surface area contributed by atoms with E-state index in [2.05, 4.69) is 22.0 Å². The Balaban J connectivity index is 2.01. The summed E-state index contributed by atoms with van der Waals surface area (Å²) >= 11 is 3.68. The van der Waals surface area contributed by atoms with Gasteiger partial charge in [0.15, 0.2) is 5.78 Å². The van der Waals surface area contributed by atoms with Gasteiger partial charge in [0.2, 0.25) is 0 Å². The van der Waals surface area contributed by atoms with Gasteiger partial charge in [-0.1, -0.05) is 40.2 Å². The zero-order valence-electron chi connectivity index (χ0n) is 9.73. The maximum absolute atomic E-state index is 12.4.